The van der Waals surface area contributed by atoms with Gasteiger partial charge in [-0.3, -0.25) is 4.79 Å². The van der Waals surface area contributed by atoms with E-state index in [1.807, 2.05) is 0 Å². The van der Waals surface area contributed by atoms with E-state index < -0.39 is 12.0 Å². The lowest BCUT2D eigenvalue weighted by Gasteiger charge is -2.09. The molecule has 0 saturated carbocycles. The summed E-state index contributed by atoms with van der Waals surface area (Å²) in [5.74, 6) is -0.587. The molecule has 6 heteroatoms. The summed E-state index contributed by atoms with van der Waals surface area (Å²) in [6.45, 7) is -0.139. The standard InChI is InChI=1S/C9H10Cl2N2O2/c10-5-1-6(11)3-7(2-5)13-9(15)8(14)4-12/h1-3,8,14H,4,12H2,(H,13,15). The molecule has 1 unspecified atom stereocenters. The minimum Gasteiger partial charge on any atom is -0.382 e. The summed E-state index contributed by atoms with van der Waals surface area (Å²) in [6, 6.07) is 4.58. The Kier molecular flexibility index (Phi) is 4.35. The van der Waals surface area contributed by atoms with E-state index in [0.717, 1.165) is 0 Å². The first-order valence-electron chi connectivity index (χ1n) is 4.18. The molecule has 0 spiro atoms. The number of hydrogen-bond acceptors (Lipinski definition) is 3. The molecule has 0 heterocycles. The number of carbonyl (C=O) groups excluding carboxylic acids is 1. The molecule has 4 nitrogen and oxygen atoms in total. The number of amides is 1. The Bertz CT molecular complexity index is 351. The lowest BCUT2D eigenvalue weighted by molar-refractivity contribution is -0.123. The molecule has 1 atom stereocenters. The van der Waals surface area contributed by atoms with Gasteiger partial charge in [-0.2, -0.15) is 0 Å². The maximum absolute atomic E-state index is 11.2. The highest BCUT2D eigenvalue weighted by Gasteiger charge is 2.12. The number of hydrogen-bond donors (Lipinski definition) is 3. The number of nitrogens with one attached hydrogen (secondary N) is 1. The molecule has 4 N–H and O–H groups in total. The minimum absolute atomic E-state index is 0.139. The molecule has 0 radical (unpaired) electrons. The van der Waals surface area contributed by atoms with Gasteiger partial charge in [-0.15, -0.1) is 0 Å². The van der Waals surface area contributed by atoms with E-state index in [1.54, 1.807) is 0 Å². The van der Waals surface area contributed by atoms with Crippen LogP contribution in [-0.4, -0.2) is 23.7 Å². The summed E-state index contributed by atoms with van der Waals surface area (Å²) < 4.78 is 0. The molecule has 15 heavy (non-hydrogen) atoms. The van der Waals surface area contributed by atoms with Crippen molar-refractivity contribution < 1.29 is 9.90 Å². The van der Waals surface area contributed by atoms with Crippen molar-refractivity contribution in [1.82, 2.24) is 0 Å². The first kappa shape index (κ1) is 12.3. The van der Waals surface area contributed by atoms with Crippen LogP contribution >= 0.6 is 23.2 Å². The van der Waals surface area contributed by atoms with Crippen LogP contribution in [-0.2, 0) is 4.79 Å². The number of carbonyl (C=O) groups is 1. The number of nitrogens with two attached hydrogens (primary N) is 1. The van der Waals surface area contributed by atoms with Crippen molar-refractivity contribution in [3.8, 4) is 0 Å². The van der Waals surface area contributed by atoms with E-state index >= 15 is 0 Å². The van der Waals surface area contributed by atoms with E-state index in [0.29, 0.717) is 15.7 Å². The number of anilines is 1. The number of rotatable bonds is 3. The third-order valence-corrected chi connectivity index (χ3v) is 2.09. The maximum Gasteiger partial charge on any atom is 0.254 e. The average molecular weight is 249 g/mol. The Balaban J connectivity index is 2.76. The summed E-state index contributed by atoms with van der Waals surface area (Å²) in [7, 11) is 0. The van der Waals surface area contributed by atoms with Crippen molar-refractivity contribution in [2.75, 3.05) is 11.9 Å². The summed E-state index contributed by atoms with van der Waals surface area (Å²) in [4.78, 5) is 11.2. The molecule has 0 saturated heterocycles. The van der Waals surface area contributed by atoms with Gasteiger partial charge in [0.25, 0.3) is 5.91 Å². The normalized spacial score (nSPS) is 12.3. The average Bonchev–Trinajstić information content (AvgIpc) is 2.14. The zero-order valence-corrected chi connectivity index (χ0v) is 9.22. The summed E-state index contributed by atoms with van der Waals surface area (Å²) in [6.07, 6.45) is -1.23. The minimum atomic E-state index is -1.23. The summed E-state index contributed by atoms with van der Waals surface area (Å²) in [5.41, 5.74) is 5.54. The van der Waals surface area contributed by atoms with E-state index in [-0.39, 0.29) is 6.54 Å². The fourth-order valence-corrected chi connectivity index (χ4v) is 1.48. The Hall–Kier alpha value is -0.810. The molecule has 0 fully saturated rings. The van der Waals surface area contributed by atoms with E-state index in [4.69, 9.17) is 34.0 Å². The van der Waals surface area contributed by atoms with Gasteiger partial charge in [0.2, 0.25) is 0 Å². The van der Waals surface area contributed by atoms with E-state index in [1.165, 1.54) is 18.2 Å². The molecule has 0 aliphatic heterocycles. The fourth-order valence-electron chi connectivity index (χ4n) is 0.959. The Morgan fingerprint density at radius 2 is 1.93 bits per heavy atom. The lowest BCUT2D eigenvalue weighted by atomic mass is 10.3. The van der Waals surface area contributed by atoms with Gasteiger partial charge in [-0.05, 0) is 18.2 Å². The van der Waals surface area contributed by atoms with Gasteiger partial charge in [-0.1, -0.05) is 23.2 Å². The van der Waals surface area contributed by atoms with Crippen molar-refractivity contribution in [3.63, 3.8) is 0 Å². The van der Waals surface area contributed by atoms with Gasteiger partial charge in [-0.25, -0.2) is 0 Å². The maximum atomic E-state index is 11.2. The molecule has 1 amide bonds. The second-order valence-corrected chi connectivity index (χ2v) is 3.77. The molecule has 1 rings (SSSR count). The largest absolute Gasteiger partial charge is 0.382 e. The second-order valence-electron chi connectivity index (χ2n) is 2.90. The van der Waals surface area contributed by atoms with Crippen molar-refractivity contribution >= 4 is 34.8 Å². The van der Waals surface area contributed by atoms with Gasteiger partial charge in [0, 0.05) is 22.3 Å². The number of aliphatic hydroxyl groups is 1. The smallest absolute Gasteiger partial charge is 0.254 e. The SMILES string of the molecule is NCC(O)C(=O)Nc1cc(Cl)cc(Cl)c1. The predicted molar refractivity (Wildman–Crippen MR) is 60.2 cm³/mol. The first-order valence-corrected chi connectivity index (χ1v) is 4.93. The van der Waals surface area contributed by atoms with Crippen molar-refractivity contribution in [3.05, 3.63) is 28.2 Å². The number of aliphatic hydroxyl groups excluding tert-OH is 1. The molecule has 0 aliphatic rings. The molecular formula is C9H10Cl2N2O2. The third-order valence-electron chi connectivity index (χ3n) is 1.66. The van der Waals surface area contributed by atoms with Crippen LogP contribution in [0.25, 0.3) is 0 Å². The van der Waals surface area contributed by atoms with Crippen molar-refractivity contribution in [2.45, 2.75) is 6.10 Å². The predicted octanol–water partition coefficient (Wildman–Crippen LogP) is 1.25. The molecule has 82 valence electrons. The topological polar surface area (TPSA) is 75.3 Å². The number of benzene rings is 1. The molecule has 1 aromatic rings. The van der Waals surface area contributed by atoms with Gasteiger partial charge >= 0.3 is 0 Å². The molecular weight excluding hydrogens is 239 g/mol. The van der Waals surface area contributed by atoms with E-state index in [9.17, 15) is 4.79 Å². The van der Waals surface area contributed by atoms with E-state index in [2.05, 4.69) is 5.32 Å². The Morgan fingerprint density at radius 1 is 1.40 bits per heavy atom. The Labute approximate surface area is 97.0 Å². The fraction of sp³-hybridized carbons (Fsp3) is 0.222. The van der Waals surface area contributed by atoms with Crippen LogP contribution < -0.4 is 11.1 Å². The van der Waals surface area contributed by atoms with Gasteiger partial charge in [0.15, 0.2) is 0 Å². The van der Waals surface area contributed by atoms with Crippen LogP contribution in [0.2, 0.25) is 10.0 Å². The summed E-state index contributed by atoms with van der Waals surface area (Å²) in [5, 5.41) is 12.4. The Morgan fingerprint density at radius 3 is 2.40 bits per heavy atom. The van der Waals surface area contributed by atoms with Gasteiger partial charge in [0.1, 0.15) is 6.10 Å². The monoisotopic (exact) mass is 248 g/mol. The highest BCUT2D eigenvalue weighted by Crippen LogP contribution is 2.22. The molecule has 1 aromatic carbocycles. The number of halogens is 2. The first-order chi connectivity index (χ1) is 7.02. The highest BCUT2D eigenvalue weighted by atomic mass is 35.5. The molecule has 0 aromatic heterocycles. The van der Waals surface area contributed by atoms with Crippen LogP contribution in [0.3, 0.4) is 0 Å². The van der Waals surface area contributed by atoms with Gasteiger partial charge < -0.3 is 16.2 Å². The van der Waals surface area contributed by atoms with Crippen LogP contribution in [0.4, 0.5) is 5.69 Å². The third kappa shape index (κ3) is 3.68. The van der Waals surface area contributed by atoms with Crippen LogP contribution in [0.5, 0.6) is 0 Å². The quantitative estimate of drug-likeness (QED) is 0.754. The van der Waals surface area contributed by atoms with Crippen LogP contribution in [0.1, 0.15) is 0 Å². The molecule has 0 bridgehead atoms. The van der Waals surface area contributed by atoms with Crippen LogP contribution in [0, 0.1) is 0 Å². The summed E-state index contributed by atoms with van der Waals surface area (Å²) >= 11 is 11.4. The van der Waals surface area contributed by atoms with Crippen molar-refractivity contribution in [1.29, 1.82) is 0 Å². The lowest BCUT2D eigenvalue weighted by Crippen LogP contribution is -2.34. The zero-order chi connectivity index (χ0) is 11.4. The second kappa shape index (κ2) is 5.32. The van der Waals surface area contributed by atoms with Crippen LogP contribution in [0.15, 0.2) is 18.2 Å². The van der Waals surface area contributed by atoms with Gasteiger partial charge in [0.05, 0.1) is 0 Å². The van der Waals surface area contributed by atoms with Crippen molar-refractivity contribution in [2.24, 2.45) is 5.73 Å². The highest BCUT2D eigenvalue weighted by molar-refractivity contribution is 6.35. The molecule has 0 aliphatic carbocycles. The zero-order valence-electron chi connectivity index (χ0n) is 7.71.